The fraction of sp³-hybridized carbons (Fsp3) is 0.500. The second-order valence-electron chi connectivity index (χ2n) is 12.2. The van der Waals surface area contributed by atoms with E-state index in [0.29, 0.717) is 18.4 Å². The summed E-state index contributed by atoms with van der Waals surface area (Å²) >= 11 is 0. The Kier molecular flexibility index (Phi) is 6.06. The smallest absolute Gasteiger partial charge is 0.235 e. The topological polar surface area (TPSA) is 109 Å². The highest BCUT2D eigenvalue weighted by molar-refractivity contribution is 6.43. The molecule has 2 aliphatic heterocycles. The second-order valence-corrected chi connectivity index (χ2v) is 12.2. The average molecular weight is 529 g/mol. The van der Waals surface area contributed by atoms with Crippen LogP contribution in [-0.4, -0.2) is 46.0 Å². The first-order valence-electron chi connectivity index (χ1n) is 14.1. The Labute approximate surface area is 228 Å². The molecule has 0 bridgehead atoms. The van der Waals surface area contributed by atoms with Crippen LogP contribution in [0.4, 0.5) is 0 Å². The molecule has 0 radical (unpaired) electrons. The number of Topliss-reactive ketones (excluding diaryl/α,β-unsaturated/α-hetero) is 3. The number of carbonyl (C=O) groups is 4. The number of nitrogens with one attached hydrogen (secondary N) is 2. The van der Waals surface area contributed by atoms with Crippen LogP contribution in [0.25, 0.3) is 10.9 Å². The van der Waals surface area contributed by atoms with Crippen LogP contribution in [0.5, 0.6) is 0 Å². The van der Waals surface area contributed by atoms with E-state index >= 15 is 0 Å². The van der Waals surface area contributed by atoms with Crippen LogP contribution in [0.15, 0.2) is 54.3 Å². The molecule has 3 heterocycles. The Hall–Kier alpha value is -3.32. The van der Waals surface area contributed by atoms with E-state index in [1.54, 1.807) is 6.92 Å². The van der Waals surface area contributed by atoms with Crippen molar-refractivity contribution in [2.24, 2.45) is 29.1 Å². The summed E-state index contributed by atoms with van der Waals surface area (Å²) in [6, 6.07) is 7.79. The minimum atomic E-state index is -1.35. The van der Waals surface area contributed by atoms with Crippen molar-refractivity contribution in [1.29, 1.82) is 0 Å². The fourth-order valence-electron chi connectivity index (χ4n) is 7.84. The fourth-order valence-corrected chi connectivity index (χ4v) is 7.84. The highest BCUT2D eigenvalue weighted by Crippen LogP contribution is 2.66. The van der Waals surface area contributed by atoms with Crippen molar-refractivity contribution in [2.75, 3.05) is 0 Å². The summed E-state index contributed by atoms with van der Waals surface area (Å²) in [4.78, 5) is 57.3. The summed E-state index contributed by atoms with van der Waals surface area (Å²) in [5, 5.41) is 4.34. The zero-order valence-electron chi connectivity index (χ0n) is 23.0. The molecule has 4 aliphatic rings. The van der Waals surface area contributed by atoms with Crippen LogP contribution in [-0.2, 0) is 30.3 Å². The molecule has 1 amide bonds. The summed E-state index contributed by atoms with van der Waals surface area (Å²) in [5.41, 5.74) is 0.739. The van der Waals surface area contributed by atoms with Gasteiger partial charge >= 0.3 is 0 Å². The molecule has 2 saturated heterocycles. The summed E-state index contributed by atoms with van der Waals surface area (Å²) in [6.45, 7) is 7.83. The first kappa shape index (κ1) is 25.9. The first-order valence-corrected chi connectivity index (χ1v) is 14.1. The second kappa shape index (κ2) is 9.12. The standard InChI is InChI=1S/C32H36N2O5/c1-17-8-7-10-22-29-31(4,39-29)19(3)27-24(15-20-16-33-23-11-6-5-9-21(20)23)34-30(38)32(22,27)26(36)13-12-25(35)28(37)18(2)14-17/h5-7,9-11,14,16-17,19,22,24,27,29,33H,8,12-13,15H2,1-4H3,(H,34,38)/t17?,19?,22?,24?,27?,29?,31-,32?/m1/s1. The number of aromatic nitrogens is 1. The number of carbonyl (C=O) groups excluding carboxylic acids is 4. The van der Waals surface area contributed by atoms with Crippen molar-refractivity contribution in [3.63, 3.8) is 0 Å². The molecule has 2 aliphatic carbocycles. The SMILES string of the molecule is CC1=CC(C)CC=CC2C3O[C@]3(C)C(C)C3C(Cc4c[nH]c5ccccc45)NC(=O)C23C(=O)CCC(=O)C1=O. The number of para-hydroxylation sites is 1. The molecule has 1 spiro atoms. The highest BCUT2D eigenvalue weighted by atomic mass is 16.6. The van der Waals surface area contributed by atoms with E-state index in [2.05, 4.69) is 30.2 Å². The van der Waals surface area contributed by atoms with Crippen molar-refractivity contribution >= 4 is 34.2 Å². The van der Waals surface area contributed by atoms with Crippen LogP contribution in [0.3, 0.4) is 0 Å². The molecule has 1 aromatic carbocycles. The molecule has 1 saturated carbocycles. The Bertz CT molecular complexity index is 1450. The molecule has 7 heteroatoms. The van der Waals surface area contributed by atoms with E-state index in [0.717, 1.165) is 16.5 Å². The highest BCUT2D eigenvalue weighted by Gasteiger charge is 2.78. The Morgan fingerprint density at radius 2 is 1.85 bits per heavy atom. The molecule has 39 heavy (non-hydrogen) atoms. The lowest BCUT2D eigenvalue weighted by Gasteiger charge is -2.46. The molecular weight excluding hydrogens is 492 g/mol. The van der Waals surface area contributed by atoms with Gasteiger partial charge in [0.05, 0.1) is 11.7 Å². The van der Waals surface area contributed by atoms with E-state index in [1.807, 2.05) is 49.5 Å². The van der Waals surface area contributed by atoms with Crippen LogP contribution < -0.4 is 5.32 Å². The van der Waals surface area contributed by atoms with Crippen LogP contribution in [0, 0.1) is 29.1 Å². The van der Waals surface area contributed by atoms with E-state index in [9.17, 15) is 19.2 Å². The van der Waals surface area contributed by atoms with Gasteiger partial charge in [-0.3, -0.25) is 19.2 Å². The normalized spacial score (nSPS) is 38.6. The minimum absolute atomic E-state index is 0.0299. The third-order valence-corrected chi connectivity index (χ3v) is 9.99. The average Bonchev–Trinajstić information content (AvgIpc) is 3.31. The van der Waals surface area contributed by atoms with Gasteiger partial charge in [0.25, 0.3) is 0 Å². The lowest BCUT2D eigenvalue weighted by molar-refractivity contribution is -0.149. The van der Waals surface area contributed by atoms with E-state index in [-0.39, 0.29) is 54.4 Å². The monoisotopic (exact) mass is 528 g/mol. The Balaban J connectivity index is 1.44. The van der Waals surface area contributed by atoms with Crippen molar-refractivity contribution in [3.05, 3.63) is 59.8 Å². The lowest BCUT2D eigenvalue weighted by Crippen LogP contribution is -2.58. The van der Waals surface area contributed by atoms with Gasteiger partial charge in [-0.1, -0.05) is 50.3 Å². The molecule has 7 nitrogen and oxygen atoms in total. The number of ether oxygens (including phenoxy) is 1. The Morgan fingerprint density at radius 1 is 1.08 bits per heavy atom. The van der Waals surface area contributed by atoms with Crippen molar-refractivity contribution in [1.82, 2.24) is 10.3 Å². The van der Waals surface area contributed by atoms with Gasteiger partial charge in [0.15, 0.2) is 0 Å². The number of H-pyrrole nitrogens is 1. The van der Waals surface area contributed by atoms with E-state index < -0.39 is 28.5 Å². The maximum Gasteiger partial charge on any atom is 0.235 e. The van der Waals surface area contributed by atoms with Crippen molar-refractivity contribution < 1.29 is 23.9 Å². The molecule has 1 aromatic heterocycles. The first-order chi connectivity index (χ1) is 18.6. The molecule has 2 aromatic rings. The molecule has 7 unspecified atom stereocenters. The number of aromatic amines is 1. The van der Waals surface area contributed by atoms with Gasteiger partial charge in [0, 0.05) is 47.8 Å². The van der Waals surface area contributed by atoms with Gasteiger partial charge in [-0.15, -0.1) is 0 Å². The number of hydrogen-bond acceptors (Lipinski definition) is 5. The van der Waals surface area contributed by atoms with Gasteiger partial charge in [0.2, 0.25) is 17.5 Å². The van der Waals surface area contributed by atoms with Crippen LogP contribution >= 0.6 is 0 Å². The quantitative estimate of drug-likeness (QED) is 0.262. The number of epoxide rings is 1. The number of allylic oxidation sites excluding steroid dienone is 3. The lowest BCUT2D eigenvalue weighted by atomic mass is 9.51. The number of hydrogen-bond donors (Lipinski definition) is 2. The summed E-state index contributed by atoms with van der Waals surface area (Å²) < 4.78 is 6.34. The van der Waals surface area contributed by atoms with Gasteiger partial charge in [-0.2, -0.15) is 0 Å². The van der Waals surface area contributed by atoms with Crippen LogP contribution in [0.1, 0.15) is 52.5 Å². The van der Waals surface area contributed by atoms with Gasteiger partial charge < -0.3 is 15.0 Å². The van der Waals surface area contributed by atoms with Crippen LogP contribution in [0.2, 0.25) is 0 Å². The number of ketones is 3. The molecule has 204 valence electrons. The molecular formula is C32H36N2O5. The predicted octanol–water partition coefficient (Wildman–Crippen LogP) is 4.26. The molecule has 3 fully saturated rings. The number of rotatable bonds is 2. The number of benzene rings is 1. The van der Waals surface area contributed by atoms with Gasteiger partial charge in [-0.05, 0) is 55.7 Å². The largest absolute Gasteiger partial charge is 0.365 e. The minimum Gasteiger partial charge on any atom is -0.365 e. The molecule has 6 rings (SSSR count). The summed E-state index contributed by atoms with van der Waals surface area (Å²) in [6.07, 6.45) is 8.46. The maximum atomic E-state index is 14.3. The van der Waals surface area contributed by atoms with Gasteiger partial charge in [-0.25, -0.2) is 0 Å². The molecule has 2 N–H and O–H groups in total. The number of fused-ring (bicyclic) bond motifs is 3. The molecule has 8 atom stereocenters. The maximum absolute atomic E-state index is 14.3. The van der Waals surface area contributed by atoms with E-state index in [1.165, 1.54) is 0 Å². The van der Waals surface area contributed by atoms with Crippen molar-refractivity contribution in [2.45, 2.75) is 71.1 Å². The third kappa shape index (κ3) is 3.80. The van der Waals surface area contributed by atoms with E-state index in [4.69, 9.17) is 4.74 Å². The summed E-state index contributed by atoms with van der Waals surface area (Å²) in [7, 11) is 0. The van der Waals surface area contributed by atoms with Gasteiger partial charge in [0.1, 0.15) is 11.2 Å². The zero-order valence-corrected chi connectivity index (χ0v) is 23.0. The zero-order chi connectivity index (χ0) is 27.7. The van der Waals surface area contributed by atoms with Crippen molar-refractivity contribution in [3.8, 4) is 0 Å². The third-order valence-electron chi connectivity index (χ3n) is 9.99. The number of amides is 1. The Morgan fingerprint density at radius 3 is 2.64 bits per heavy atom. The predicted molar refractivity (Wildman–Crippen MR) is 147 cm³/mol. The summed E-state index contributed by atoms with van der Waals surface area (Å²) in [5.74, 6) is -2.47.